The van der Waals surface area contributed by atoms with Crippen LogP contribution in [0, 0.1) is 6.92 Å². The molecular weight excluding hydrogens is 266 g/mol. The molecule has 0 fully saturated rings. The third kappa shape index (κ3) is 5.30. The first kappa shape index (κ1) is 15.5. The summed E-state index contributed by atoms with van der Waals surface area (Å²) in [5.41, 5.74) is 0.743. The summed E-state index contributed by atoms with van der Waals surface area (Å²) in [6, 6.07) is 5.01. The number of aryl methyl sites for hydroxylation is 1. The fraction of sp³-hybridized carbons (Fsp3) is 0.429. The van der Waals surface area contributed by atoms with Crippen molar-refractivity contribution in [2.24, 2.45) is 0 Å². The van der Waals surface area contributed by atoms with Gasteiger partial charge in [-0.25, -0.2) is 4.79 Å². The molecule has 19 heavy (non-hydrogen) atoms. The van der Waals surface area contributed by atoms with Crippen LogP contribution in [0.1, 0.15) is 36.7 Å². The van der Waals surface area contributed by atoms with Crippen LogP contribution in [-0.4, -0.2) is 24.0 Å². The van der Waals surface area contributed by atoms with E-state index in [4.69, 9.17) is 16.3 Å². The van der Waals surface area contributed by atoms with Gasteiger partial charge in [0.05, 0.1) is 6.54 Å². The zero-order valence-corrected chi connectivity index (χ0v) is 12.3. The second-order valence-corrected chi connectivity index (χ2v) is 5.67. The lowest BCUT2D eigenvalue weighted by atomic mass is 10.1. The molecule has 0 aromatic heterocycles. The second-order valence-electron chi connectivity index (χ2n) is 5.24. The lowest BCUT2D eigenvalue weighted by Crippen LogP contribution is -2.35. The predicted molar refractivity (Wildman–Crippen MR) is 74.8 cm³/mol. The van der Waals surface area contributed by atoms with Crippen LogP contribution in [0.4, 0.5) is 4.79 Å². The van der Waals surface area contributed by atoms with E-state index in [0.717, 1.165) is 5.56 Å². The molecule has 0 bridgehead atoms. The number of Topliss-reactive ketones (excluding diaryl/α,β-unsaturated/α-hetero) is 1. The van der Waals surface area contributed by atoms with Crippen LogP contribution in [0.15, 0.2) is 18.2 Å². The first-order valence-corrected chi connectivity index (χ1v) is 6.33. The smallest absolute Gasteiger partial charge is 0.408 e. The summed E-state index contributed by atoms with van der Waals surface area (Å²) >= 11 is 5.82. The van der Waals surface area contributed by atoms with Crippen LogP contribution >= 0.6 is 11.6 Å². The van der Waals surface area contributed by atoms with Gasteiger partial charge in [0.15, 0.2) is 5.78 Å². The molecule has 4 nitrogen and oxygen atoms in total. The molecule has 1 rings (SSSR count). The maximum Gasteiger partial charge on any atom is 0.408 e. The van der Waals surface area contributed by atoms with Crippen LogP contribution < -0.4 is 5.32 Å². The van der Waals surface area contributed by atoms with E-state index in [0.29, 0.717) is 10.6 Å². The van der Waals surface area contributed by atoms with Crippen LogP contribution in [0.25, 0.3) is 0 Å². The number of halogens is 1. The van der Waals surface area contributed by atoms with E-state index in [9.17, 15) is 9.59 Å². The maximum atomic E-state index is 11.9. The standard InChI is InChI=1S/C14H18ClNO3/c1-9-7-10(15)5-6-11(9)12(17)8-16-13(18)19-14(2,3)4/h5-7H,8H2,1-4H3,(H,16,18). The van der Waals surface area contributed by atoms with Gasteiger partial charge < -0.3 is 10.1 Å². The molecular formula is C14H18ClNO3. The van der Waals surface area contributed by atoms with Gasteiger partial charge in [0, 0.05) is 10.6 Å². The van der Waals surface area contributed by atoms with Crippen molar-refractivity contribution in [2.75, 3.05) is 6.54 Å². The zero-order chi connectivity index (χ0) is 14.6. The number of benzene rings is 1. The van der Waals surface area contributed by atoms with Gasteiger partial charge in [0.1, 0.15) is 5.60 Å². The van der Waals surface area contributed by atoms with Crippen molar-refractivity contribution in [3.05, 3.63) is 34.3 Å². The fourth-order valence-corrected chi connectivity index (χ4v) is 1.73. The third-order valence-corrected chi connectivity index (χ3v) is 2.52. The van der Waals surface area contributed by atoms with Crippen LogP contribution in [0.2, 0.25) is 5.02 Å². The van der Waals surface area contributed by atoms with Gasteiger partial charge in [-0.2, -0.15) is 0 Å². The minimum Gasteiger partial charge on any atom is -0.444 e. The summed E-state index contributed by atoms with van der Waals surface area (Å²) < 4.78 is 5.05. The molecule has 0 aliphatic heterocycles. The summed E-state index contributed by atoms with van der Waals surface area (Å²) in [4.78, 5) is 23.4. The third-order valence-electron chi connectivity index (χ3n) is 2.28. The highest BCUT2D eigenvalue weighted by atomic mass is 35.5. The molecule has 1 aromatic carbocycles. The predicted octanol–water partition coefficient (Wildman–Crippen LogP) is 3.36. The Balaban J connectivity index is 2.59. The maximum absolute atomic E-state index is 11.9. The molecule has 0 atom stereocenters. The molecule has 0 aliphatic carbocycles. The van der Waals surface area contributed by atoms with Gasteiger partial charge >= 0.3 is 6.09 Å². The highest BCUT2D eigenvalue weighted by Crippen LogP contribution is 2.15. The SMILES string of the molecule is Cc1cc(Cl)ccc1C(=O)CNC(=O)OC(C)(C)C. The van der Waals surface area contributed by atoms with E-state index < -0.39 is 11.7 Å². The Kier molecular flexibility index (Phi) is 4.95. The average Bonchev–Trinajstić information content (AvgIpc) is 2.23. The van der Waals surface area contributed by atoms with E-state index >= 15 is 0 Å². The van der Waals surface area contributed by atoms with Gasteiger partial charge in [0.2, 0.25) is 0 Å². The minimum atomic E-state index is -0.604. The van der Waals surface area contributed by atoms with E-state index in [1.807, 2.05) is 0 Å². The molecule has 104 valence electrons. The molecule has 1 N–H and O–H groups in total. The summed E-state index contributed by atoms with van der Waals surface area (Å²) in [6.07, 6.45) is -0.604. The Bertz CT molecular complexity index is 492. The highest BCUT2D eigenvalue weighted by Gasteiger charge is 2.17. The molecule has 5 heteroatoms. The molecule has 1 amide bonds. The summed E-state index contributed by atoms with van der Waals surface area (Å²) in [7, 11) is 0. The second kappa shape index (κ2) is 6.06. The largest absolute Gasteiger partial charge is 0.444 e. The number of nitrogens with one attached hydrogen (secondary N) is 1. The van der Waals surface area contributed by atoms with Crippen molar-refractivity contribution in [2.45, 2.75) is 33.3 Å². The number of ketones is 1. The van der Waals surface area contributed by atoms with Crippen LogP contribution in [0.5, 0.6) is 0 Å². The Morgan fingerprint density at radius 1 is 1.32 bits per heavy atom. The normalized spacial score (nSPS) is 11.0. The number of ether oxygens (including phenoxy) is 1. The van der Waals surface area contributed by atoms with E-state index in [-0.39, 0.29) is 12.3 Å². The first-order valence-electron chi connectivity index (χ1n) is 5.95. The number of hydrogen-bond donors (Lipinski definition) is 1. The van der Waals surface area contributed by atoms with Gasteiger partial charge in [-0.3, -0.25) is 4.79 Å². The number of carbonyl (C=O) groups is 2. The molecule has 0 saturated heterocycles. The molecule has 1 aromatic rings. The Morgan fingerprint density at radius 3 is 2.47 bits per heavy atom. The summed E-state index contributed by atoms with van der Waals surface area (Å²) in [5.74, 6) is -0.181. The topological polar surface area (TPSA) is 55.4 Å². The number of amides is 1. The number of hydrogen-bond acceptors (Lipinski definition) is 3. The number of rotatable bonds is 3. The molecule has 0 radical (unpaired) electrons. The van der Waals surface area contributed by atoms with Gasteiger partial charge in [0.25, 0.3) is 0 Å². The van der Waals surface area contributed by atoms with Gasteiger partial charge in [-0.1, -0.05) is 11.6 Å². The Hall–Kier alpha value is -1.55. The molecule has 0 aliphatic rings. The lowest BCUT2D eigenvalue weighted by molar-refractivity contribution is 0.0520. The van der Waals surface area contributed by atoms with E-state index in [1.54, 1.807) is 45.9 Å². The monoisotopic (exact) mass is 283 g/mol. The zero-order valence-electron chi connectivity index (χ0n) is 11.5. The first-order chi connectivity index (χ1) is 8.69. The van der Waals surface area contributed by atoms with Crippen molar-refractivity contribution in [1.29, 1.82) is 0 Å². The number of carbonyl (C=O) groups excluding carboxylic acids is 2. The molecule has 0 spiro atoms. The molecule has 0 heterocycles. The van der Waals surface area contributed by atoms with E-state index in [1.165, 1.54) is 0 Å². The molecule has 0 saturated carbocycles. The van der Waals surface area contributed by atoms with Crippen molar-refractivity contribution >= 4 is 23.5 Å². The van der Waals surface area contributed by atoms with Crippen LogP contribution in [-0.2, 0) is 4.74 Å². The Morgan fingerprint density at radius 2 is 1.95 bits per heavy atom. The van der Waals surface area contributed by atoms with Crippen molar-refractivity contribution < 1.29 is 14.3 Å². The lowest BCUT2D eigenvalue weighted by Gasteiger charge is -2.19. The van der Waals surface area contributed by atoms with Crippen molar-refractivity contribution in [1.82, 2.24) is 5.32 Å². The summed E-state index contributed by atoms with van der Waals surface area (Å²) in [6.45, 7) is 6.98. The van der Waals surface area contributed by atoms with Crippen LogP contribution in [0.3, 0.4) is 0 Å². The highest BCUT2D eigenvalue weighted by molar-refractivity contribution is 6.30. The quantitative estimate of drug-likeness (QED) is 0.866. The van der Waals surface area contributed by atoms with Gasteiger partial charge in [-0.05, 0) is 51.5 Å². The number of alkyl carbamates (subject to hydrolysis) is 1. The summed E-state index contributed by atoms with van der Waals surface area (Å²) in [5, 5.41) is 3.01. The van der Waals surface area contributed by atoms with E-state index in [2.05, 4.69) is 5.32 Å². The van der Waals surface area contributed by atoms with Crippen molar-refractivity contribution in [3.63, 3.8) is 0 Å². The average molecular weight is 284 g/mol. The van der Waals surface area contributed by atoms with Crippen molar-refractivity contribution in [3.8, 4) is 0 Å². The van der Waals surface area contributed by atoms with Gasteiger partial charge in [-0.15, -0.1) is 0 Å². The molecule has 0 unspecified atom stereocenters. The fourth-order valence-electron chi connectivity index (χ4n) is 1.50. The minimum absolute atomic E-state index is 0.0998. The Labute approximate surface area is 118 Å².